The van der Waals surface area contributed by atoms with Gasteiger partial charge in [-0.05, 0) is 0 Å². The molecule has 0 N–H and O–H groups in total. The normalized spacial score (nSPS) is 0. The molecule has 9 radical (unpaired) electrons. The van der Waals surface area contributed by atoms with Gasteiger partial charge in [0.15, 0.2) is 0 Å². The van der Waals surface area contributed by atoms with Crippen molar-refractivity contribution in [3.8, 4) is 0 Å². The Morgan fingerprint density at radius 1 is 1.00 bits per heavy atom. The van der Waals surface area contributed by atoms with Crippen molar-refractivity contribution in [1.82, 2.24) is 0 Å². The predicted molar refractivity (Wildman–Crippen MR) is 11.5 cm³/mol. The Hall–Kier alpha value is 2.73. The van der Waals surface area contributed by atoms with Gasteiger partial charge in [0.25, 0.3) is 0 Å². The van der Waals surface area contributed by atoms with Gasteiger partial charge in [0.1, 0.15) is 0 Å². The Kier molecular flexibility index (Phi) is 127. The van der Waals surface area contributed by atoms with E-state index in [1.807, 2.05) is 0 Å². The van der Waals surface area contributed by atoms with Gasteiger partial charge in [-0.1, -0.05) is 0 Å². The van der Waals surface area contributed by atoms with Crippen LogP contribution in [0.4, 0.5) is 0 Å². The molecule has 0 spiro atoms. The third-order valence-electron chi connectivity index (χ3n) is 0. The molecule has 0 saturated heterocycles. The van der Waals surface area contributed by atoms with Gasteiger partial charge in [-0.15, -0.1) is 0 Å². The molecule has 0 nitrogen and oxygen atoms in total. The summed E-state index contributed by atoms with van der Waals surface area (Å²) >= 11 is 0. The molecule has 0 rings (SSSR count). The van der Waals surface area contributed by atoms with E-state index < -0.39 is 0 Å². The first kappa shape index (κ1) is 29.6. The van der Waals surface area contributed by atoms with Gasteiger partial charge in [0, 0.05) is 84.8 Å². The number of hydrogen-bond donors (Lipinski definition) is 0. The fourth-order valence-corrected chi connectivity index (χ4v) is 0. The predicted octanol–water partition coefficient (Wildman–Crippen LogP) is -0.767. The van der Waals surface area contributed by atoms with Crippen molar-refractivity contribution >= 4 is 51.2 Å². The average molecular weight is 448 g/mol. The van der Waals surface area contributed by atoms with E-state index in [0.717, 1.165) is 0 Å². The van der Waals surface area contributed by atoms with E-state index >= 15 is 0 Å². The summed E-state index contributed by atoms with van der Waals surface area (Å²) in [6, 6.07) is 0. The summed E-state index contributed by atoms with van der Waals surface area (Å²) in [5, 5.41) is 0. The van der Waals surface area contributed by atoms with E-state index in [4.69, 9.17) is 0 Å². The standard InChI is InChI=1S/Cu.Ni.Pb.Sn. The Morgan fingerprint density at radius 3 is 1.00 bits per heavy atom. The molecule has 0 fully saturated rings. The summed E-state index contributed by atoms with van der Waals surface area (Å²) in [7, 11) is 0. The molecule has 0 aromatic rings. The van der Waals surface area contributed by atoms with Gasteiger partial charge in [-0.3, -0.25) is 0 Å². The molecule has 0 bridgehead atoms. The van der Waals surface area contributed by atoms with E-state index in [-0.39, 0.29) is 84.8 Å². The first-order valence-corrected chi connectivity index (χ1v) is 0. The molecule has 0 amide bonds. The fraction of sp³-hybridized carbons (Fsp3) is 0. The van der Waals surface area contributed by atoms with E-state index in [1.54, 1.807) is 0 Å². The van der Waals surface area contributed by atoms with Gasteiger partial charge >= 0.3 is 0 Å². The van der Waals surface area contributed by atoms with Gasteiger partial charge in [-0.25, -0.2) is 0 Å². The average Bonchev–Trinajstić information content (AvgIpc) is 0. The van der Waals surface area contributed by atoms with Crippen LogP contribution in [0.1, 0.15) is 0 Å². The minimum absolute atomic E-state index is 0. The minimum Gasteiger partial charge on any atom is 0 e. The molecule has 0 atom stereocenters. The Bertz CT molecular complexity index is 8.00. The first-order valence-electron chi connectivity index (χ1n) is 0. The third kappa shape index (κ3) is 8.83. The molecule has 4 heteroatoms. The van der Waals surface area contributed by atoms with Crippen LogP contribution in [-0.4, -0.2) is 51.2 Å². The van der Waals surface area contributed by atoms with Crippen molar-refractivity contribution in [3.63, 3.8) is 0 Å². The Labute approximate surface area is 83.4 Å². The van der Waals surface area contributed by atoms with E-state index in [1.165, 1.54) is 0 Å². The van der Waals surface area contributed by atoms with Gasteiger partial charge in [0.05, 0.1) is 0 Å². The molecular formula is CuNiPbSn. The molecule has 0 heterocycles. The summed E-state index contributed by atoms with van der Waals surface area (Å²) in [6.07, 6.45) is 0. The van der Waals surface area contributed by atoms with Crippen LogP contribution in [0, 0.1) is 0 Å². The second kappa shape index (κ2) is 17.2. The van der Waals surface area contributed by atoms with Crippen molar-refractivity contribution in [3.05, 3.63) is 0 Å². The quantitative estimate of drug-likeness (QED) is 0.428. The van der Waals surface area contributed by atoms with E-state index in [9.17, 15) is 0 Å². The zero-order valence-corrected chi connectivity index (χ0v) is 10.3. The van der Waals surface area contributed by atoms with Crippen LogP contribution in [-0.2, 0) is 33.6 Å². The number of rotatable bonds is 0. The van der Waals surface area contributed by atoms with Crippen LogP contribution in [0.25, 0.3) is 0 Å². The summed E-state index contributed by atoms with van der Waals surface area (Å²) in [6.45, 7) is 0. The molecule has 0 aliphatic heterocycles. The van der Waals surface area contributed by atoms with Crippen molar-refractivity contribution < 1.29 is 33.6 Å². The van der Waals surface area contributed by atoms with E-state index in [2.05, 4.69) is 0 Å². The zero-order chi connectivity index (χ0) is 0. The van der Waals surface area contributed by atoms with Crippen molar-refractivity contribution in [2.45, 2.75) is 0 Å². The largest absolute Gasteiger partial charge is 0 e. The molecule has 0 aliphatic carbocycles. The molecule has 0 aromatic carbocycles. The maximum Gasteiger partial charge on any atom is 0 e. The molecule has 0 saturated carbocycles. The van der Waals surface area contributed by atoms with Gasteiger partial charge < -0.3 is 0 Å². The van der Waals surface area contributed by atoms with E-state index in [0.29, 0.717) is 0 Å². The molecule has 0 unspecified atom stereocenters. The number of hydrogen-bond acceptors (Lipinski definition) is 0. The second-order valence-corrected chi connectivity index (χ2v) is 0. The molecule has 0 aromatic heterocycles. The van der Waals surface area contributed by atoms with Crippen molar-refractivity contribution in [1.29, 1.82) is 0 Å². The van der Waals surface area contributed by atoms with Crippen LogP contribution in [0.5, 0.6) is 0 Å². The van der Waals surface area contributed by atoms with Crippen molar-refractivity contribution in [2.75, 3.05) is 0 Å². The fourth-order valence-electron chi connectivity index (χ4n) is 0. The molecule has 4 heavy (non-hydrogen) atoms. The maximum absolute atomic E-state index is 0. The molecule has 29 valence electrons. The van der Waals surface area contributed by atoms with Gasteiger partial charge in [0.2, 0.25) is 0 Å². The Balaban J connectivity index is 0. The van der Waals surface area contributed by atoms with Crippen LogP contribution >= 0.6 is 0 Å². The summed E-state index contributed by atoms with van der Waals surface area (Å²) in [4.78, 5) is 0. The molecular weight excluding hydrogens is 448 g/mol. The van der Waals surface area contributed by atoms with Gasteiger partial charge in [-0.2, -0.15) is 0 Å². The summed E-state index contributed by atoms with van der Waals surface area (Å²) in [5.74, 6) is 0. The first-order chi connectivity index (χ1) is 0. The smallest absolute Gasteiger partial charge is 0 e. The third-order valence-corrected chi connectivity index (χ3v) is 0. The van der Waals surface area contributed by atoms with Crippen LogP contribution in [0.15, 0.2) is 0 Å². The topological polar surface area (TPSA) is 0 Å². The molecule has 0 aliphatic rings. The SMILES string of the molecule is [Cu].[Ni].[Pb].[Sn]. The second-order valence-electron chi connectivity index (χ2n) is 0. The monoisotopic (exact) mass is 449 g/mol. The van der Waals surface area contributed by atoms with Crippen LogP contribution in [0.3, 0.4) is 0 Å². The summed E-state index contributed by atoms with van der Waals surface area (Å²) < 4.78 is 0. The maximum atomic E-state index is 0. The van der Waals surface area contributed by atoms with Crippen molar-refractivity contribution in [2.24, 2.45) is 0 Å². The summed E-state index contributed by atoms with van der Waals surface area (Å²) in [5.41, 5.74) is 0. The van der Waals surface area contributed by atoms with Crippen LogP contribution < -0.4 is 0 Å². The van der Waals surface area contributed by atoms with Crippen LogP contribution in [0.2, 0.25) is 0 Å². The zero-order valence-electron chi connectivity index (χ0n) is 1.62. The minimum atomic E-state index is 0. The Morgan fingerprint density at radius 2 is 1.00 bits per heavy atom.